The van der Waals surface area contributed by atoms with Crippen molar-refractivity contribution in [2.24, 2.45) is 5.73 Å². The molecule has 2 aromatic rings. The normalized spacial score (nSPS) is 11.3. The molecule has 0 radical (unpaired) electrons. The van der Waals surface area contributed by atoms with Gasteiger partial charge in [-0.15, -0.1) is 0 Å². The molecular weight excluding hydrogens is 356 g/mol. The second kappa shape index (κ2) is 9.68. The lowest BCUT2D eigenvalue weighted by Crippen LogP contribution is -2.07. The summed E-state index contributed by atoms with van der Waals surface area (Å²) in [6.07, 6.45) is 1.68. The lowest BCUT2D eigenvalue weighted by Gasteiger charge is -2.15. The summed E-state index contributed by atoms with van der Waals surface area (Å²) < 4.78 is 38.7. The fourth-order valence-electron chi connectivity index (χ4n) is 2.35. The summed E-state index contributed by atoms with van der Waals surface area (Å²) in [5.41, 5.74) is 6.28. The van der Waals surface area contributed by atoms with E-state index in [1.807, 2.05) is 0 Å². The van der Waals surface area contributed by atoms with Gasteiger partial charge in [-0.3, -0.25) is 4.79 Å². The van der Waals surface area contributed by atoms with Gasteiger partial charge in [-0.05, 0) is 42.3 Å². The zero-order valence-electron chi connectivity index (χ0n) is 14.9. The molecule has 27 heavy (non-hydrogen) atoms. The monoisotopic (exact) mass is 377 g/mol. The third-order valence-corrected chi connectivity index (χ3v) is 3.75. The number of ether oxygens (including phenoxy) is 2. The number of amides is 1. The van der Waals surface area contributed by atoms with Crippen molar-refractivity contribution in [1.82, 2.24) is 0 Å². The van der Waals surface area contributed by atoms with Crippen molar-refractivity contribution in [3.8, 4) is 11.5 Å². The molecule has 0 fully saturated rings. The van der Waals surface area contributed by atoms with Crippen LogP contribution >= 0.6 is 0 Å². The van der Waals surface area contributed by atoms with Crippen LogP contribution in [0.15, 0.2) is 42.5 Å². The van der Waals surface area contributed by atoms with Crippen molar-refractivity contribution >= 4 is 11.5 Å². The first-order valence-electron chi connectivity index (χ1n) is 8.34. The van der Waals surface area contributed by atoms with Crippen LogP contribution in [0, 0.1) is 11.6 Å². The van der Waals surface area contributed by atoms with Crippen molar-refractivity contribution in [2.45, 2.75) is 20.0 Å². The van der Waals surface area contributed by atoms with Crippen LogP contribution in [0.4, 0.5) is 8.78 Å². The minimum Gasteiger partial charge on any atom is -0.490 e. The fourth-order valence-corrected chi connectivity index (χ4v) is 2.35. The van der Waals surface area contributed by atoms with E-state index in [9.17, 15) is 13.6 Å². The summed E-state index contributed by atoms with van der Waals surface area (Å²) in [7, 11) is 0. The average Bonchev–Trinajstić information content (AvgIpc) is 2.61. The van der Waals surface area contributed by atoms with E-state index in [-0.39, 0.29) is 31.1 Å². The quantitative estimate of drug-likeness (QED) is 0.519. The van der Waals surface area contributed by atoms with Crippen molar-refractivity contribution in [2.75, 3.05) is 13.2 Å². The van der Waals surface area contributed by atoms with Gasteiger partial charge in [-0.25, -0.2) is 8.78 Å². The number of hydrogen-bond donors (Lipinski definition) is 2. The third-order valence-electron chi connectivity index (χ3n) is 3.75. The molecule has 0 unspecified atom stereocenters. The topological polar surface area (TPSA) is 81.8 Å². The number of aliphatic hydroxyl groups excluding tert-OH is 1. The standard InChI is InChI=1S/C20H21F2NO4/c1-13(10-20(23)25)14-6-7-18(19(11-14)26-9-3-8-24)27-12-15-16(21)4-2-5-17(15)22/h2,4-7,10-11,24H,3,8-9,12H2,1H3,(H2,23,25)/b13-10+. The van der Waals surface area contributed by atoms with E-state index >= 15 is 0 Å². The zero-order chi connectivity index (χ0) is 19.8. The molecule has 1 amide bonds. The number of allylic oxidation sites excluding steroid dienone is 1. The predicted octanol–water partition coefficient (Wildman–Crippen LogP) is 3.19. The molecule has 0 aliphatic heterocycles. The molecular formula is C20H21F2NO4. The minimum absolute atomic E-state index is 0.0447. The van der Waals surface area contributed by atoms with Crippen LogP contribution in [0.2, 0.25) is 0 Å². The molecule has 0 heterocycles. The summed E-state index contributed by atoms with van der Waals surface area (Å²) in [6.45, 7) is 1.58. The van der Waals surface area contributed by atoms with E-state index in [1.165, 1.54) is 12.1 Å². The Kier molecular flexibility index (Phi) is 7.31. The predicted molar refractivity (Wildman–Crippen MR) is 97.2 cm³/mol. The number of rotatable bonds is 9. The van der Waals surface area contributed by atoms with Gasteiger partial charge in [-0.1, -0.05) is 12.1 Å². The van der Waals surface area contributed by atoms with Crippen molar-refractivity contribution in [1.29, 1.82) is 0 Å². The Hall–Kier alpha value is -2.93. The van der Waals surface area contributed by atoms with E-state index < -0.39 is 17.5 Å². The molecule has 0 saturated carbocycles. The van der Waals surface area contributed by atoms with E-state index in [2.05, 4.69) is 0 Å². The van der Waals surface area contributed by atoms with E-state index in [4.69, 9.17) is 20.3 Å². The van der Waals surface area contributed by atoms with Crippen molar-refractivity contribution < 1.29 is 28.2 Å². The summed E-state index contributed by atoms with van der Waals surface area (Å²) >= 11 is 0. The van der Waals surface area contributed by atoms with Gasteiger partial charge in [0.15, 0.2) is 11.5 Å². The lowest BCUT2D eigenvalue weighted by atomic mass is 10.1. The molecule has 7 heteroatoms. The fraction of sp³-hybridized carbons (Fsp3) is 0.250. The molecule has 144 valence electrons. The highest BCUT2D eigenvalue weighted by Crippen LogP contribution is 2.32. The Balaban J connectivity index is 2.26. The number of carbonyl (C=O) groups excluding carboxylic acids is 1. The molecule has 5 nitrogen and oxygen atoms in total. The maximum absolute atomic E-state index is 13.8. The number of hydrogen-bond acceptors (Lipinski definition) is 4. The summed E-state index contributed by atoms with van der Waals surface area (Å²) in [5, 5.41) is 8.91. The van der Waals surface area contributed by atoms with Crippen LogP contribution in [0.25, 0.3) is 5.57 Å². The number of nitrogens with two attached hydrogens (primary N) is 1. The van der Waals surface area contributed by atoms with Crippen LogP contribution in [-0.4, -0.2) is 24.2 Å². The number of primary amides is 1. The van der Waals surface area contributed by atoms with Gasteiger partial charge >= 0.3 is 0 Å². The smallest absolute Gasteiger partial charge is 0.241 e. The lowest BCUT2D eigenvalue weighted by molar-refractivity contribution is -0.113. The third kappa shape index (κ3) is 5.79. The number of benzene rings is 2. The second-order valence-corrected chi connectivity index (χ2v) is 5.81. The van der Waals surface area contributed by atoms with Crippen LogP contribution in [0.3, 0.4) is 0 Å². The number of carbonyl (C=O) groups is 1. The molecule has 2 rings (SSSR count). The van der Waals surface area contributed by atoms with E-state index in [1.54, 1.807) is 25.1 Å². The van der Waals surface area contributed by atoms with E-state index in [0.717, 1.165) is 12.1 Å². The summed E-state index contributed by atoms with van der Waals surface area (Å²) in [4.78, 5) is 11.1. The van der Waals surface area contributed by atoms with Gasteiger partial charge in [0, 0.05) is 19.1 Å². The Bertz CT molecular complexity index is 816. The Morgan fingerprint density at radius 2 is 1.85 bits per heavy atom. The first-order valence-corrected chi connectivity index (χ1v) is 8.34. The van der Waals surface area contributed by atoms with Crippen molar-refractivity contribution in [3.05, 3.63) is 65.2 Å². The van der Waals surface area contributed by atoms with Crippen LogP contribution in [0.5, 0.6) is 11.5 Å². The molecule has 0 aromatic heterocycles. The molecule has 0 atom stereocenters. The van der Waals surface area contributed by atoms with Crippen LogP contribution in [0.1, 0.15) is 24.5 Å². The van der Waals surface area contributed by atoms with Gasteiger partial charge in [0.2, 0.25) is 5.91 Å². The Labute approximate surface area is 156 Å². The second-order valence-electron chi connectivity index (χ2n) is 5.81. The minimum atomic E-state index is -0.699. The SMILES string of the molecule is C/C(=C\C(N)=O)c1ccc(OCc2c(F)cccc2F)c(OCCCO)c1. The van der Waals surface area contributed by atoms with Crippen molar-refractivity contribution in [3.63, 3.8) is 0 Å². The summed E-state index contributed by atoms with van der Waals surface area (Å²) in [5.74, 6) is -1.36. The Morgan fingerprint density at radius 3 is 2.48 bits per heavy atom. The number of halogens is 2. The average molecular weight is 377 g/mol. The highest BCUT2D eigenvalue weighted by molar-refractivity contribution is 5.93. The molecule has 0 spiro atoms. The first-order chi connectivity index (χ1) is 12.9. The molecule has 0 aliphatic rings. The highest BCUT2D eigenvalue weighted by Gasteiger charge is 2.13. The van der Waals surface area contributed by atoms with Gasteiger partial charge in [0.25, 0.3) is 0 Å². The van der Waals surface area contributed by atoms with Gasteiger partial charge < -0.3 is 20.3 Å². The van der Waals surface area contributed by atoms with Gasteiger partial charge in [-0.2, -0.15) is 0 Å². The Morgan fingerprint density at radius 1 is 1.15 bits per heavy atom. The first kappa shape index (κ1) is 20.4. The maximum atomic E-state index is 13.8. The highest BCUT2D eigenvalue weighted by atomic mass is 19.1. The molecule has 2 aromatic carbocycles. The van der Waals surface area contributed by atoms with E-state index in [0.29, 0.717) is 23.3 Å². The molecule has 0 aliphatic carbocycles. The van der Waals surface area contributed by atoms with Gasteiger partial charge in [0.05, 0.1) is 12.2 Å². The maximum Gasteiger partial charge on any atom is 0.241 e. The molecule has 3 N–H and O–H groups in total. The largest absolute Gasteiger partial charge is 0.490 e. The molecule has 0 bridgehead atoms. The zero-order valence-corrected chi connectivity index (χ0v) is 14.9. The molecule has 0 saturated heterocycles. The van der Waals surface area contributed by atoms with Gasteiger partial charge in [0.1, 0.15) is 18.2 Å². The summed E-state index contributed by atoms with van der Waals surface area (Å²) in [6, 6.07) is 8.49. The van der Waals surface area contributed by atoms with Crippen LogP contribution in [-0.2, 0) is 11.4 Å². The number of aliphatic hydroxyl groups is 1. The van der Waals surface area contributed by atoms with Crippen LogP contribution < -0.4 is 15.2 Å².